The standard InChI is InChI=1S/C10H14N4S3/c1-3-6-8(9-12-10(15)14-13-9)17-7(11-6)5-16-4-2/h3-5H2,1-2H3,(H2,12,13,14,15). The van der Waals surface area contributed by atoms with Crippen LogP contribution in [0.3, 0.4) is 0 Å². The molecule has 92 valence electrons. The molecule has 17 heavy (non-hydrogen) atoms. The number of H-pyrrole nitrogens is 2. The van der Waals surface area contributed by atoms with Crippen molar-refractivity contribution in [2.24, 2.45) is 0 Å². The fourth-order valence-electron chi connectivity index (χ4n) is 1.45. The van der Waals surface area contributed by atoms with Gasteiger partial charge in [0.1, 0.15) is 5.01 Å². The molecular formula is C10H14N4S3. The molecule has 0 unspecified atom stereocenters. The van der Waals surface area contributed by atoms with E-state index >= 15 is 0 Å². The fourth-order valence-corrected chi connectivity index (χ4v) is 3.42. The number of aryl methyl sites for hydroxylation is 1. The largest absolute Gasteiger partial charge is 0.281 e. The lowest BCUT2D eigenvalue weighted by Crippen LogP contribution is -1.86. The minimum Gasteiger partial charge on any atom is -0.281 e. The molecule has 0 fully saturated rings. The van der Waals surface area contributed by atoms with Gasteiger partial charge in [-0.3, -0.25) is 10.2 Å². The number of nitrogens with zero attached hydrogens (tertiary/aromatic N) is 2. The van der Waals surface area contributed by atoms with Gasteiger partial charge in [-0.15, -0.1) is 11.3 Å². The molecule has 2 N–H and O–H groups in total. The average Bonchev–Trinajstić information content (AvgIpc) is 2.92. The molecule has 0 amide bonds. The van der Waals surface area contributed by atoms with Crippen LogP contribution in [0.15, 0.2) is 0 Å². The first kappa shape index (κ1) is 12.8. The van der Waals surface area contributed by atoms with E-state index in [2.05, 4.69) is 34.0 Å². The second-order valence-corrected chi connectivity index (χ2v) is 6.13. The van der Waals surface area contributed by atoms with Crippen LogP contribution in [0, 0.1) is 4.77 Å². The molecule has 2 rings (SSSR count). The monoisotopic (exact) mass is 286 g/mol. The first-order valence-corrected chi connectivity index (χ1v) is 7.83. The Balaban J connectivity index is 2.32. The summed E-state index contributed by atoms with van der Waals surface area (Å²) in [4.78, 5) is 10.00. The minimum absolute atomic E-state index is 0.486. The molecule has 0 aromatic carbocycles. The van der Waals surface area contributed by atoms with E-state index < -0.39 is 0 Å². The number of rotatable bonds is 5. The Labute approximate surface area is 113 Å². The lowest BCUT2D eigenvalue weighted by molar-refractivity contribution is 1.03. The zero-order valence-corrected chi connectivity index (χ0v) is 12.2. The number of thiazole rings is 1. The van der Waals surface area contributed by atoms with Gasteiger partial charge in [0.25, 0.3) is 0 Å². The van der Waals surface area contributed by atoms with E-state index in [0.717, 1.165) is 39.3 Å². The van der Waals surface area contributed by atoms with Gasteiger partial charge in [0.2, 0.25) is 4.77 Å². The maximum Gasteiger partial charge on any atom is 0.213 e. The van der Waals surface area contributed by atoms with E-state index in [1.54, 1.807) is 11.3 Å². The Morgan fingerprint density at radius 3 is 2.71 bits per heavy atom. The molecule has 7 heteroatoms. The first-order chi connectivity index (χ1) is 8.24. The van der Waals surface area contributed by atoms with Gasteiger partial charge < -0.3 is 0 Å². The van der Waals surface area contributed by atoms with Gasteiger partial charge in [0, 0.05) is 5.75 Å². The van der Waals surface area contributed by atoms with Crippen LogP contribution in [0.4, 0.5) is 0 Å². The van der Waals surface area contributed by atoms with E-state index in [4.69, 9.17) is 12.2 Å². The van der Waals surface area contributed by atoms with Crippen molar-refractivity contribution < 1.29 is 0 Å². The van der Waals surface area contributed by atoms with Gasteiger partial charge in [0.15, 0.2) is 5.82 Å². The number of aromatic amines is 2. The van der Waals surface area contributed by atoms with Crippen LogP contribution in [0.5, 0.6) is 0 Å². The molecule has 0 aliphatic rings. The number of aromatic nitrogens is 4. The molecule has 0 atom stereocenters. The van der Waals surface area contributed by atoms with Crippen LogP contribution in [0.1, 0.15) is 24.5 Å². The maximum absolute atomic E-state index is 4.97. The van der Waals surface area contributed by atoms with Crippen molar-refractivity contribution in [1.29, 1.82) is 0 Å². The van der Waals surface area contributed by atoms with Gasteiger partial charge in [-0.25, -0.2) is 4.98 Å². The molecule has 0 saturated heterocycles. The molecule has 0 aliphatic heterocycles. The number of nitrogens with one attached hydrogen (secondary N) is 2. The number of thioether (sulfide) groups is 1. The topological polar surface area (TPSA) is 57.4 Å². The smallest absolute Gasteiger partial charge is 0.213 e. The van der Waals surface area contributed by atoms with Crippen molar-refractivity contribution in [3.8, 4) is 10.7 Å². The molecule has 0 aliphatic carbocycles. The SMILES string of the molecule is CCSCc1nc(CC)c(-c2nc(=S)[nH][nH]2)s1. The van der Waals surface area contributed by atoms with E-state index in [1.807, 2.05) is 11.8 Å². The third-order valence-electron chi connectivity index (χ3n) is 2.22. The van der Waals surface area contributed by atoms with E-state index in [0.29, 0.717) is 4.77 Å². The Hall–Kier alpha value is -0.660. The summed E-state index contributed by atoms with van der Waals surface area (Å²) in [5.74, 6) is 2.89. The zero-order valence-electron chi connectivity index (χ0n) is 9.74. The normalized spacial score (nSPS) is 10.9. The molecular weight excluding hydrogens is 272 g/mol. The Kier molecular flexibility index (Phi) is 4.36. The first-order valence-electron chi connectivity index (χ1n) is 5.46. The average molecular weight is 286 g/mol. The van der Waals surface area contributed by atoms with Gasteiger partial charge in [0.05, 0.1) is 10.6 Å². The highest BCUT2D eigenvalue weighted by Crippen LogP contribution is 2.29. The summed E-state index contributed by atoms with van der Waals surface area (Å²) in [7, 11) is 0. The van der Waals surface area contributed by atoms with Gasteiger partial charge in [-0.1, -0.05) is 13.8 Å². The van der Waals surface area contributed by atoms with Crippen molar-refractivity contribution in [2.45, 2.75) is 26.0 Å². The summed E-state index contributed by atoms with van der Waals surface area (Å²) >= 11 is 8.55. The summed E-state index contributed by atoms with van der Waals surface area (Å²) < 4.78 is 0.486. The molecule has 0 saturated carbocycles. The maximum atomic E-state index is 4.97. The van der Waals surface area contributed by atoms with Crippen molar-refractivity contribution in [3.05, 3.63) is 15.5 Å². The van der Waals surface area contributed by atoms with E-state index in [-0.39, 0.29) is 0 Å². The predicted molar refractivity (Wildman–Crippen MR) is 76.1 cm³/mol. The molecule has 2 aromatic rings. The summed E-state index contributed by atoms with van der Waals surface area (Å²) in [6.45, 7) is 4.27. The highest BCUT2D eigenvalue weighted by Gasteiger charge is 2.13. The van der Waals surface area contributed by atoms with Crippen molar-refractivity contribution >= 4 is 35.3 Å². The van der Waals surface area contributed by atoms with Crippen molar-refractivity contribution in [2.75, 3.05) is 5.75 Å². The lowest BCUT2D eigenvalue weighted by atomic mass is 10.3. The van der Waals surface area contributed by atoms with Gasteiger partial charge in [-0.2, -0.15) is 16.7 Å². The molecule has 0 radical (unpaired) electrons. The predicted octanol–water partition coefficient (Wildman–Crippen LogP) is 3.41. The molecule has 2 aromatic heterocycles. The third-order valence-corrected chi connectivity index (χ3v) is 4.59. The van der Waals surface area contributed by atoms with Crippen molar-refractivity contribution in [1.82, 2.24) is 20.2 Å². The van der Waals surface area contributed by atoms with E-state index in [9.17, 15) is 0 Å². The van der Waals surface area contributed by atoms with Crippen molar-refractivity contribution in [3.63, 3.8) is 0 Å². The highest BCUT2D eigenvalue weighted by molar-refractivity contribution is 7.98. The Morgan fingerprint density at radius 2 is 2.12 bits per heavy atom. The minimum atomic E-state index is 0.486. The Morgan fingerprint density at radius 1 is 1.29 bits per heavy atom. The van der Waals surface area contributed by atoms with Crippen LogP contribution >= 0.6 is 35.3 Å². The second kappa shape index (κ2) is 5.79. The van der Waals surface area contributed by atoms with Crippen LogP contribution < -0.4 is 0 Å². The van der Waals surface area contributed by atoms with Crippen LogP contribution in [0.2, 0.25) is 0 Å². The van der Waals surface area contributed by atoms with Crippen LogP contribution in [-0.2, 0) is 12.2 Å². The highest BCUT2D eigenvalue weighted by atomic mass is 32.2. The zero-order chi connectivity index (χ0) is 12.3. The van der Waals surface area contributed by atoms with Gasteiger partial charge in [-0.05, 0) is 24.4 Å². The van der Waals surface area contributed by atoms with Gasteiger partial charge >= 0.3 is 0 Å². The fraction of sp³-hybridized carbons (Fsp3) is 0.500. The third kappa shape index (κ3) is 2.97. The number of hydrogen-bond donors (Lipinski definition) is 2. The lowest BCUT2D eigenvalue weighted by Gasteiger charge is -1.92. The number of hydrogen-bond acceptors (Lipinski definition) is 5. The Bertz CT molecular complexity index is 540. The summed E-state index contributed by atoms with van der Waals surface area (Å²) in [5.41, 5.74) is 1.10. The summed E-state index contributed by atoms with van der Waals surface area (Å²) in [5, 5.41) is 6.97. The molecule has 2 heterocycles. The quantitative estimate of drug-likeness (QED) is 0.827. The molecule has 0 bridgehead atoms. The molecule has 4 nitrogen and oxygen atoms in total. The summed E-state index contributed by atoms with van der Waals surface area (Å²) in [6, 6.07) is 0. The van der Waals surface area contributed by atoms with Crippen LogP contribution in [-0.4, -0.2) is 25.9 Å². The van der Waals surface area contributed by atoms with Crippen LogP contribution in [0.25, 0.3) is 10.7 Å². The van der Waals surface area contributed by atoms with E-state index in [1.165, 1.54) is 0 Å². The summed E-state index contributed by atoms with van der Waals surface area (Å²) in [6.07, 6.45) is 0.913. The second-order valence-electron chi connectivity index (χ2n) is 3.39. The molecule has 0 spiro atoms.